The average molecular weight is 278 g/mol. The van der Waals surface area contributed by atoms with E-state index in [1.54, 1.807) is 0 Å². The minimum Gasteiger partial charge on any atom is -0.460 e. The van der Waals surface area contributed by atoms with E-state index in [9.17, 15) is 0 Å². The highest BCUT2D eigenvalue weighted by Crippen LogP contribution is 2.23. The predicted molar refractivity (Wildman–Crippen MR) is 63.5 cm³/mol. The first-order valence-electron chi connectivity index (χ1n) is 5.42. The number of ether oxygens (including phenoxy) is 2. The van der Waals surface area contributed by atoms with E-state index in [1.165, 1.54) is 0 Å². The molecule has 2 atom stereocenters. The van der Waals surface area contributed by atoms with Gasteiger partial charge in [0.15, 0.2) is 0 Å². The summed E-state index contributed by atoms with van der Waals surface area (Å²) >= 11 is 11.3. The molecule has 7 heteroatoms. The van der Waals surface area contributed by atoms with Crippen LogP contribution >= 0.6 is 23.2 Å². The molecule has 2 heterocycles. The monoisotopic (exact) mass is 277 g/mol. The van der Waals surface area contributed by atoms with Crippen LogP contribution in [0.3, 0.4) is 0 Å². The van der Waals surface area contributed by atoms with E-state index >= 15 is 0 Å². The molecule has 0 amide bonds. The normalized spacial score (nSPS) is 29.1. The van der Waals surface area contributed by atoms with Gasteiger partial charge in [-0.1, -0.05) is 0 Å². The molecule has 2 rings (SSSR count). The van der Waals surface area contributed by atoms with E-state index < -0.39 is 0 Å². The van der Waals surface area contributed by atoms with Gasteiger partial charge in [0.05, 0.1) is 12.2 Å². The van der Waals surface area contributed by atoms with Gasteiger partial charge in [0.25, 0.3) is 0 Å². The zero-order chi connectivity index (χ0) is 12.4. The van der Waals surface area contributed by atoms with Gasteiger partial charge in [0.2, 0.25) is 10.6 Å². The largest absolute Gasteiger partial charge is 0.460 e. The van der Waals surface area contributed by atoms with E-state index in [0.29, 0.717) is 0 Å². The SMILES string of the molecule is CC1CC(Oc2nc(Cl)nc(Cl)n2)CC(C)O1. The standard InChI is InChI=1S/C10H13Cl2N3O2/c1-5-3-7(4-6(2)16-5)17-10-14-8(11)13-9(12)15-10/h5-7H,3-4H2,1-2H3. The second-order valence-electron chi connectivity index (χ2n) is 4.12. The van der Waals surface area contributed by atoms with Gasteiger partial charge in [-0.05, 0) is 37.0 Å². The average Bonchev–Trinajstić information content (AvgIpc) is 2.13. The van der Waals surface area contributed by atoms with Crippen molar-refractivity contribution in [3.8, 4) is 6.01 Å². The van der Waals surface area contributed by atoms with Crippen molar-refractivity contribution in [3.05, 3.63) is 10.6 Å². The molecule has 0 N–H and O–H groups in total. The highest BCUT2D eigenvalue weighted by Gasteiger charge is 2.26. The van der Waals surface area contributed by atoms with Crippen LogP contribution in [0.2, 0.25) is 10.6 Å². The van der Waals surface area contributed by atoms with Crippen molar-refractivity contribution in [2.24, 2.45) is 0 Å². The maximum Gasteiger partial charge on any atom is 0.322 e. The van der Waals surface area contributed by atoms with Crippen LogP contribution in [0.4, 0.5) is 0 Å². The van der Waals surface area contributed by atoms with Gasteiger partial charge >= 0.3 is 6.01 Å². The van der Waals surface area contributed by atoms with Crippen LogP contribution in [0.15, 0.2) is 0 Å². The lowest BCUT2D eigenvalue weighted by atomic mass is 10.0. The lowest BCUT2D eigenvalue weighted by molar-refractivity contribution is -0.0739. The van der Waals surface area contributed by atoms with Crippen LogP contribution < -0.4 is 4.74 Å². The Morgan fingerprint density at radius 2 is 1.59 bits per heavy atom. The van der Waals surface area contributed by atoms with Crippen LogP contribution in [0, 0.1) is 0 Å². The summed E-state index contributed by atoms with van der Waals surface area (Å²) < 4.78 is 11.3. The Kier molecular flexibility index (Phi) is 4.01. The molecule has 1 saturated heterocycles. The van der Waals surface area contributed by atoms with E-state index in [2.05, 4.69) is 15.0 Å². The number of nitrogens with zero attached hydrogens (tertiary/aromatic N) is 3. The van der Waals surface area contributed by atoms with E-state index in [0.717, 1.165) is 12.8 Å². The molecule has 0 aliphatic carbocycles. The molecule has 0 spiro atoms. The van der Waals surface area contributed by atoms with Crippen LogP contribution in [0.25, 0.3) is 0 Å². The van der Waals surface area contributed by atoms with Crippen molar-refractivity contribution in [1.82, 2.24) is 15.0 Å². The molecule has 94 valence electrons. The van der Waals surface area contributed by atoms with Crippen molar-refractivity contribution in [1.29, 1.82) is 0 Å². The summed E-state index contributed by atoms with van der Waals surface area (Å²) in [5.41, 5.74) is 0. The molecule has 1 aromatic rings. The fraction of sp³-hybridized carbons (Fsp3) is 0.700. The van der Waals surface area contributed by atoms with Gasteiger partial charge in [-0.3, -0.25) is 0 Å². The summed E-state index contributed by atoms with van der Waals surface area (Å²) in [5, 5.41) is 0.0707. The Bertz CT molecular complexity index is 375. The molecule has 5 nitrogen and oxygen atoms in total. The minimum atomic E-state index is 0.0169. The Hall–Kier alpha value is -0.650. The highest BCUT2D eigenvalue weighted by atomic mass is 35.5. The Balaban J connectivity index is 2.04. The van der Waals surface area contributed by atoms with Crippen molar-refractivity contribution >= 4 is 23.2 Å². The molecular weight excluding hydrogens is 265 g/mol. The topological polar surface area (TPSA) is 57.1 Å². The third-order valence-corrected chi connectivity index (χ3v) is 2.82. The fourth-order valence-electron chi connectivity index (χ4n) is 1.95. The van der Waals surface area contributed by atoms with Gasteiger partial charge in [-0.15, -0.1) is 0 Å². The second-order valence-corrected chi connectivity index (χ2v) is 4.80. The quantitative estimate of drug-likeness (QED) is 0.832. The summed E-state index contributed by atoms with van der Waals surface area (Å²) in [7, 11) is 0. The van der Waals surface area contributed by atoms with Gasteiger partial charge in [0.1, 0.15) is 6.10 Å². The van der Waals surface area contributed by atoms with Crippen LogP contribution in [-0.2, 0) is 4.74 Å². The third kappa shape index (κ3) is 3.66. The highest BCUT2D eigenvalue weighted by molar-refractivity contribution is 6.31. The molecule has 1 fully saturated rings. The lowest BCUT2D eigenvalue weighted by Crippen LogP contribution is -2.36. The van der Waals surface area contributed by atoms with Crippen molar-refractivity contribution in [3.63, 3.8) is 0 Å². The van der Waals surface area contributed by atoms with Crippen molar-refractivity contribution in [2.75, 3.05) is 0 Å². The summed E-state index contributed by atoms with van der Waals surface area (Å²) in [6, 6.07) is 0.168. The summed E-state index contributed by atoms with van der Waals surface area (Å²) in [6.07, 6.45) is 1.94. The first-order valence-corrected chi connectivity index (χ1v) is 6.17. The minimum absolute atomic E-state index is 0.0169. The Morgan fingerprint density at radius 3 is 2.12 bits per heavy atom. The zero-order valence-electron chi connectivity index (χ0n) is 9.56. The van der Waals surface area contributed by atoms with Gasteiger partial charge in [-0.2, -0.15) is 15.0 Å². The van der Waals surface area contributed by atoms with E-state index in [4.69, 9.17) is 32.7 Å². The molecule has 1 aliphatic rings. The third-order valence-electron chi connectivity index (χ3n) is 2.49. The Labute approximate surface area is 109 Å². The summed E-state index contributed by atoms with van der Waals surface area (Å²) in [4.78, 5) is 11.4. The van der Waals surface area contributed by atoms with Gasteiger partial charge < -0.3 is 9.47 Å². The first-order chi connectivity index (χ1) is 8.02. The van der Waals surface area contributed by atoms with Crippen LogP contribution in [-0.4, -0.2) is 33.3 Å². The number of aromatic nitrogens is 3. The molecular formula is C10H13Cl2N3O2. The number of halogens is 2. The van der Waals surface area contributed by atoms with Crippen molar-refractivity contribution in [2.45, 2.75) is 45.0 Å². The molecule has 1 aliphatic heterocycles. The molecule has 0 aromatic carbocycles. The molecule has 2 unspecified atom stereocenters. The smallest absolute Gasteiger partial charge is 0.322 e. The first kappa shape index (κ1) is 12.8. The Morgan fingerprint density at radius 1 is 1.06 bits per heavy atom. The summed E-state index contributed by atoms with van der Waals surface area (Å²) in [6.45, 7) is 4.03. The molecule has 0 bridgehead atoms. The lowest BCUT2D eigenvalue weighted by Gasteiger charge is -2.31. The summed E-state index contributed by atoms with van der Waals surface area (Å²) in [5.74, 6) is 0. The second kappa shape index (κ2) is 5.33. The molecule has 0 radical (unpaired) electrons. The molecule has 1 aromatic heterocycles. The molecule has 0 saturated carbocycles. The fourth-order valence-corrected chi connectivity index (χ4v) is 2.30. The van der Waals surface area contributed by atoms with Crippen LogP contribution in [0.1, 0.15) is 26.7 Å². The maximum absolute atomic E-state index is 5.67. The van der Waals surface area contributed by atoms with E-state index in [-0.39, 0.29) is 34.9 Å². The predicted octanol–water partition coefficient (Wildman–Crippen LogP) is 2.51. The zero-order valence-corrected chi connectivity index (χ0v) is 11.1. The van der Waals surface area contributed by atoms with Crippen molar-refractivity contribution < 1.29 is 9.47 Å². The molecule has 17 heavy (non-hydrogen) atoms. The number of hydrogen-bond acceptors (Lipinski definition) is 5. The number of hydrogen-bond donors (Lipinski definition) is 0. The maximum atomic E-state index is 5.67. The number of rotatable bonds is 2. The van der Waals surface area contributed by atoms with Gasteiger partial charge in [0, 0.05) is 12.8 Å². The van der Waals surface area contributed by atoms with Crippen LogP contribution in [0.5, 0.6) is 6.01 Å². The van der Waals surface area contributed by atoms with Gasteiger partial charge in [-0.25, -0.2) is 0 Å². The van der Waals surface area contributed by atoms with E-state index in [1.807, 2.05) is 13.8 Å².